The molecule has 3 rings (SSSR count). The van der Waals surface area contributed by atoms with Gasteiger partial charge in [0.15, 0.2) is 0 Å². The average molecular weight is 424 g/mol. The van der Waals surface area contributed by atoms with E-state index >= 15 is 0 Å². The van der Waals surface area contributed by atoms with Crippen LogP contribution in [0.2, 0.25) is 0 Å². The molecule has 0 bridgehead atoms. The number of ether oxygens (including phenoxy) is 2. The van der Waals surface area contributed by atoms with Gasteiger partial charge in [0, 0.05) is 11.6 Å². The number of aryl methyl sites for hydroxylation is 1. The first kappa shape index (κ1) is 21.6. The zero-order valence-electron chi connectivity index (χ0n) is 17.5. The van der Waals surface area contributed by atoms with Crippen LogP contribution < -0.4 is 14.8 Å². The molecule has 1 amide bonds. The van der Waals surface area contributed by atoms with Crippen molar-refractivity contribution in [3.05, 3.63) is 60.4 Å². The summed E-state index contributed by atoms with van der Waals surface area (Å²) in [6.07, 6.45) is 0.651. The predicted octanol–water partition coefficient (Wildman–Crippen LogP) is 4.98. The van der Waals surface area contributed by atoms with E-state index in [4.69, 9.17) is 9.47 Å². The van der Waals surface area contributed by atoms with Crippen LogP contribution in [0.15, 0.2) is 59.6 Å². The SMILES string of the molecule is CCC(Sc1cc(-c2ccccc2)nc(C)n1)C(=O)Nc1ccc(OC)cc1OC. The highest BCUT2D eigenvalue weighted by Crippen LogP contribution is 2.32. The van der Waals surface area contributed by atoms with E-state index in [0.29, 0.717) is 29.4 Å². The van der Waals surface area contributed by atoms with Gasteiger partial charge in [-0.05, 0) is 31.5 Å². The molecule has 1 N–H and O–H groups in total. The van der Waals surface area contributed by atoms with E-state index in [1.807, 2.05) is 50.2 Å². The largest absolute Gasteiger partial charge is 0.497 e. The van der Waals surface area contributed by atoms with Gasteiger partial charge >= 0.3 is 0 Å². The highest BCUT2D eigenvalue weighted by Gasteiger charge is 2.21. The Morgan fingerprint density at radius 2 is 1.83 bits per heavy atom. The number of amides is 1. The molecule has 156 valence electrons. The monoisotopic (exact) mass is 423 g/mol. The Balaban J connectivity index is 1.79. The van der Waals surface area contributed by atoms with E-state index in [2.05, 4.69) is 15.3 Å². The number of nitrogens with zero attached hydrogens (tertiary/aromatic N) is 2. The number of nitrogens with one attached hydrogen (secondary N) is 1. The van der Waals surface area contributed by atoms with Crippen molar-refractivity contribution < 1.29 is 14.3 Å². The molecule has 30 heavy (non-hydrogen) atoms. The summed E-state index contributed by atoms with van der Waals surface area (Å²) in [6, 6.07) is 17.2. The summed E-state index contributed by atoms with van der Waals surface area (Å²) in [7, 11) is 3.15. The van der Waals surface area contributed by atoms with Crippen LogP contribution in [-0.2, 0) is 4.79 Å². The minimum absolute atomic E-state index is 0.108. The molecule has 0 saturated carbocycles. The zero-order chi connectivity index (χ0) is 21.5. The molecule has 1 unspecified atom stereocenters. The molecule has 0 fully saturated rings. The first-order valence-electron chi connectivity index (χ1n) is 9.64. The maximum atomic E-state index is 12.9. The molecule has 1 atom stereocenters. The van der Waals surface area contributed by atoms with Crippen LogP contribution in [0.5, 0.6) is 11.5 Å². The molecule has 7 heteroatoms. The smallest absolute Gasteiger partial charge is 0.238 e. The fourth-order valence-electron chi connectivity index (χ4n) is 2.94. The normalized spacial score (nSPS) is 11.6. The van der Waals surface area contributed by atoms with Crippen LogP contribution >= 0.6 is 11.8 Å². The van der Waals surface area contributed by atoms with Crippen LogP contribution in [0, 0.1) is 6.92 Å². The van der Waals surface area contributed by atoms with Gasteiger partial charge in [-0.25, -0.2) is 9.97 Å². The Morgan fingerprint density at radius 1 is 1.07 bits per heavy atom. The minimum atomic E-state index is -0.310. The Kier molecular flexibility index (Phi) is 7.30. The lowest BCUT2D eigenvalue weighted by Gasteiger charge is -2.17. The van der Waals surface area contributed by atoms with Gasteiger partial charge in [0.25, 0.3) is 0 Å². The Labute approximate surface area is 181 Å². The van der Waals surface area contributed by atoms with Gasteiger partial charge in [-0.2, -0.15) is 0 Å². The Hall–Kier alpha value is -3.06. The van der Waals surface area contributed by atoms with Gasteiger partial charge < -0.3 is 14.8 Å². The van der Waals surface area contributed by atoms with Crippen molar-refractivity contribution in [3.8, 4) is 22.8 Å². The number of carbonyl (C=O) groups excluding carboxylic acids is 1. The lowest BCUT2D eigenvalue weighted by atomic mass is 10.1. The van der Waals surface area contributed by atoms with E-state index in [1.54, 1.807) is 32.4 Å². The third-order valence-electron chi connectivity index (χ3n) is 4.48. The summed E-state index contributed by atoms with van der Waals surface area (Å²) in [4.78, 5) is 22.0. The van der Waals surface area contributed by atoms with Crippen molar-refractivity contribution in [2.24, 2.45) is 0 Å². The second-order valence-corrected chi connectivity index (χ2v) is 7.80. The molecule has 0 saturated heterocycles. The van der Waals surface area contributed by atoms with Crippen molar-refractivity contribution in [1.29, 1.82) is 0 Å². The quantitative estimate of drug-likeness (QED) is 0.407. The van der Waals surface area contributed by atoms with E-state index in [1.165, 1.54) is 11.8 Å². The van der Waals surface area contributed by atoms with Crippen molar-refractivity contribution in [1.82, 2.24) is 9.97 Å². The van der Waals surface area contributed by atoms with Gasteiger partial charge in [-0.15, -0.1) is 0 Å². The van der Waals surface area contributed by atoms with Crippen molar-refractivity contribution in [2.75, 3.05) is 19.5 Å². The highest BCUT2D eigenvalue weighted by atomic mass is 32.2. The topological polar surface area (TPSA) is 73.3 Å². The van der Waals surface area contributed by atoms with Crippen molar-refractivity contribution in [2.45, 2.75) is 30.5 Å². The lowest BCUT2D eigenvalue weighted by molar-refractivity contribution is -0.115. The third kappa shape index (κ3) is 5.30. The van der Waals surface area contributed by atoms with Gasteiger partial charge in [-0.1, -0.05) is 49.0 Å². The van der Waals surface area contributed by atoms with E-state index < -0.39 is 0 Å². The molecule has 2 aromatic carbocycles. The molecule has 0 aliphatic carbocycles. The number of aromatic nitrogens is 2. The number of hydrogen-bond donors (Lipinski definition) is 1. The number of hydrogen-bond acceptors (Lipinski definition) is 6. The fraction of sp³-hybridized carbons (Fsp3) is 0.261. The Bertz CT molecular complexity index is 1010. The number of thioether (sulfide) groups is 1. The van der Waals surface area contributed by atoms with Gasteiger partial charge in [0.1, 0.15) is 22.3 Å². The van der Waals surface area contributed by atoms with Gasteiger partial charge in [0.05, 0.1) is 30.9 Å². The number of carbonyl (C=O) groups is 1. The van der Waals surface area contributed by atoms with Crippen molar-refractivity contribution >= 4 is 23.4 Å². The molecular weight excluding hydrogens is 398 g/mol. The predicted molar refractivity (Wildman–Crippen MR) is 120 cm³/mol. The maximum absolute atomic E-state index is 12.9. The average Bonchev–Trinajstić information content (AvgIpc) is 2.77. The first-order valence-corrected chi connectivity index (χ1v) is 10.5. The number of benzene rings is 2. The second kappa shape index (κ2) is 10.1. The molecule has 0 aliphatic rings. The van der Waals surface area contributed by atoms with Crippen LogP contribution in [0.1, 0.15) is 19.2 Å². The van der Waals surface area contributed by atoms with Crippen LogP contribution in [0.4, 0.5) is 5.69 Å². The summed E-state index contributed by atoms with van der Waals surface area (Å²) in [5.74, 6) is 1.78. The summed E-state index contributed by atoms with van der Waals surface area (Å²) in [5, 5.41) is 3.42. The zero-order valence-corrected chi connectivity index (χ0v) is 18.3. The summed E-state index contributed by atoms with van der Waals surface area (Å²) in [6.45, 7) is 3.84. The molecule has 1 heterocycles. The Morgan fingerprint density at radius 3 is 2.50 bits per heavy atom. The molecular formula is C23H25N3O3S. The second-order valence-electron chi connectivity index (χ2n) is 6.57. The number of methoxy groups -OCH3 is 2. The first-order chi connectivity index (χ1) is 14.5. The van der Waals surface area contributed by atoms with Crippen LogP contribution in [0.3, 0.4) is 0 Å². The molecule has 3 aromatic rings. The van der Waals surface area contributed by atoms with Crippen LogP contribution in [0.25, 0.3) is 11.3 Å². The number of anilines is 1. The van der Waals surface area contributed by atoms with Crippen molar-refractivity contribution in [3.63, 3.8) is 0 Å². The number of rotatable bonds is 8. The molecule has 1 aromatic heterocycles. The van der Waals surface area contributed by atoms with E-state index in [0.717, 1.165) is 16.3 Å². The maximum Gasteiger partial charge on any atom is 0.238 e. The summed E-state index contributed by atoms with van der Waals surface area (Å²) in [5.41, 5.74) is 2.47. The fourth-order valence-corrected chi connectivity index (χ4v) is 3.93. The van der Waals surface area contributed by atoms with E-state index in [9.17, 15) is 4.79 Å². The summed E-state index contributed by atoms with van der Waals surface area (Å²) >= 11 is 1.43. The molecule has 6 nitrogen and oxygen atoms in total. The molecule has 0 spiro atoms. The minimum Gasteiger partial charge on any atom is -0.497 e. The van der Waals surface area contributed by atoms with E-state index in [-0.39, 0.29) is 11.2 Å². The summed E-state index contributed by atoms with van der Waals surface area (Å²) < 4.78 is 10.6. The van der Waals surface area contributed by atoms with Crippen LogP contribution in [-0.4, -0.2) is 35.3 Å². The molecule has 0 aliphatic heterocycles. The standard InChI is InChI=1S/C23H25N3O3S/c1-5-21(23(27)26-18-12-11-17(28-3)13-20(18)29-4)30-22-14-19(24-15(2)25-22)16-9-7-6-8-10-16/h6-14,21H,5H2,1-4H3,(H,26,27). The highest BCUT2D eigenvalue weighted by molar-refractivity contribution is 8.00. The third-order valence-corrected chi connectivity index (χ3v) is 5.76. The van der Waals surface area contributed by atoms with Gasteiger partial charge in [-0.3, -0.25) is 4.79 Å². The lowest BCUT2D eigenvalue weighted by Crippen LogP contribution is -2.25. The van der Waals surface area contributed by atoms with Gasteiger partial charge in [0.2, 0.25) is 5.91 Å². The molecule has 0 radical (unpaired) electrons.